The average molecular weight is 909 g/mol. The highest BCUT2D eigenvalue weighted by Crippen LogP contribution is 2.51. The standard InChI is InChI=1S/C32H42N8O13S5/c1-2-25(41)11-8-24-9-12-27(29(42)19-24)33-21-31(44)36(57(33,50)51)40(38-35(47)15-17-55-38)32(45)22-39(58(40,52)53,37-34(46)14-16-54-37)28-13-10-23(20-30(28)43)5-3-6-26-7-4-18-56(26,48)49/h9-10,12-13,19-20,26,34-35H,2-8,11,14-18,21-22H2,1H3/p+2. The number of quaternary nitrogens is 4. The molecule has 2 amide bonds. The first-order chi connectivity index (χ1) is 27.3. The summed E-state index contributed by atoms with van der Waals surface area (Å²) in [7, 11) is -14.5. The number of hydrogen-bond acceptors (Lipinski definition) is 17. The van der Waals surface area contributed by atoms with E-state index in [9.17, 15) is 51.8 Å². The van der Waals surface area contributed by atoms with Crippen LogP contribution in [0.2, 0.25) is 0 Å². The second kappa shape index (κ2) is 15.7. The third-order valence-electron chi connectivity index (χ3n) is 10.9. The summed E-state index contributed by atoms with van der Waals surface area (Å²) < 4.78 is 82.5. The fraction of sp³-hybridized carbons (Fsp3) is 0.531. The maximum absolute atomic E-state index is 15.7. The molecule has 21 nitrogen and oxygen atoms in total. The number of aryl methyl sites for hydroxylation is 2. The molecular weight excluding hydrogens is 865 g/mol. The number of aromatic hydroxyl groups is 2. The van der Waals surface area contributed by atoms with Gasteiger partial charge in [-0.25, -0.2) is 27.9 Å². The third kappa shape index (κ3) is 6.69. The summed E-state index contributed by atoms with van der Waals surface area (Å²) in [5, 5.41) is 47.5. The van der Waals surface area contributed by atoms with Crippen LogP contribution in [0.1, 0.15) is 56.6 Å². The lowest BCUT2D eigenvalue weighted by molar-refractivity contribution is -1.15. The van der Waals surface area contributed by atoms with Gasteiger partial charge in [0.1, 0.15) is 35.7 Å². The van der Waals surface area contributed by atoms with Crippen LogP contribution >= 0.6 is 23.9 Å². The summed E-state index contributed by atoms with van der Waals surface area (Å²) in [4.78, 5) is 40.9. The van der Waals surface area contributed by atoms with Gasteiger partial charge < -0.3 is 20.6 Å². The van der Waals surface area contributed by atoms with Crippen molar-refractivity contribution in [1.82, 2.24) is 17.5 Å². The van der Waals surface area contributed by atoms with Gasteiger partial charge in [-0.05, 0) is 72.3 Å². The molecule has 26 heteroatoms. The van der Waals surface area contributed by atoms with Gasteiger partial charge in [0.05, 0.1) is 32.7 Å². The van der Waals surface area contributed by atoms with Gasteiger partial charge in [-0.2, -0.15) is 8.42 Å². The molecule has 0 aromatic heterocycles. The fourth-order valence-corrected chi connectivity index (χ4v) is 17.1. The first-order valence-electron chi connectivity index (χ1n) is 18.6. The Bertz CT molecular complexity index is 2360. The normalized spacial score (nSPS) is 30.8. The zero-order valence-corrected chi connectivity index (χ0v) is 35.3. The second-order valence-electron chi connectivity index (χ2n) is 14.5. The van der Waals surface area contributed by atoms with Gasteiger partial charge in [-0.3, -0.25) is 9.59 Å². The van der Waals surface area contributed by atoms with Crippen LogP contribution < -0.4 is 18.6 Å². The number of anilines is 1. The number of nitrogens with one attached hydrogen (secondary N) is 2. The minimum Gasteiger partial charge on any atom is -0.608 e. The Morgan fingerprint density at radius 3 is 2.14 bits per heavy atom. The van der Waals surface area contributed by atoms with Crippen molar-refractivity contribution >= 4 is 83.1 Å². The van der Waals surface area contributed by atoms with Gasteiger partial charge in [0, 0.05) is 46.8 Å². The van der Waals surface area contributed by atoms with Gasteiger partial charge >= 0.3 is 32.2 Å². The van der Waals surface area contributed by atoms with Crippen molar-refractivity contribution in [2.45, 2.75) is 63.5 Å². The van der Waals surface area contributed by atoms with E-state index in [1.165, 1.54) is 36.4 Å². The van der Waals surface area contributed by atoms with Crippen molar-refractivity contribution in [3.63, 3.8) is 0 Å². The lowest BCUT2D eigenvalue weighted by atomic mass is 10.0. The average Bonchev–Trinajstić information content (AvgIpc) is 3.95. The Hall–Kier alpha value is -3.12. The van der Waals surface area contributed by atoms with Crippen LogP contribution in [-0.4, -0.2) is 119 Å². The monoisotopic (exact) mass is 908 g/mol. The largest absolute Gasteiger partial charge is 0.608 e. The molecule has 5 aliphatic heterocycles. The van der Waals surface area contributed by atoms with Gasteiger partial charge in [-0.15, -0.1) is 8.42 Å². The molecule has 2 aromatic rings. The fourth-order valence-electron chi connectivity index (χ4n) is 8.00. The quantitative estimate of drug-likeness (QED) is 0.103. The Labute approximate surface area is 344 Å². The molecule has 7 rings (SSSR count). The number of ketones is 1. The van der Waals surface area contributed by atoms with E-state index < -0.39 is 102 Å². The Morgan fingerprint density at radius 2 is 1.55 bits per heavy atom. The van der Waals surface area contributed by atoms with Crippen LogP contribution in [0.3, 0.4) is 0 Å². The molecule has 5 heterocycles. The molecule has 5 atom stereocenters. The van der Waals surface area contributed by atoms with Crippen molar-refractivity contribution < 1.29 is 64.3 Å². The van der Waals surface area contributed by atoms with E-state index in [0.717, 1.165) is 4.52 Å². The van der Waals surface area contributed by atoms with Crippen LogP contribution in [0.5, 0.6) is 11.5 Å². The highest BCUT2D eigenvalue weighted by atomic mass is 32.2. The molecule has 5 saturated heterocycles. The lowest BCUT2D eigenvalue weighted by Gasteiger charge is -2.40. The SMILES string of the molecule is CCC(=O)CCc1ccc(N2CC(=O)N([N+]3(N4SCC[NH+]4[O-])C(=O)C[N+](c4ccc(CCCC5CCCS5(=O)=O)cc4O)(N4SCC[NH+]4[O-])S3(=O)=O)S2(=O)=O)c(O)c1. The number of rotatable bonds is 13. The summed E-state index contributed by atoms with van der Waals surface area (Å²) in [6, 6.07) is 7.62. The van der Waals surface area contributed by atoms with Gasteiger partial charge in [0.25, 0.3) is 0 Å². The molecule has 0 saturated carbocycles. The van der Waals surface area contributed by atoms with E-state index in [2.05, 4.69) is 0 Å². The summed E-state index contributed by atoms with van der Waals surface area (Å²) in [6.45, 7) is -1.20. The maximum Gasteiger partial charge on any atom is 0.548 e. The highest BCUT2D eigenvalue weighted by molar-refractivity contribution is 7.98. The Balaban J connectivity index is 1.32. The molecule has 4 N–H and O–H groups in total. The molecular formula is C32H44N8O13S5+2. The van der Waals surface area contributed by atoms with Crippen molar-refractivity contribution in [3.05, 3.63) is 57.9 Å². The van der Waals surface area contributed by atoms with Gasteiger partial charge in [0.2, 0.25) is 12.2 Å². The zero-order valence-electron chi connectivity index (χ0n) is 31.3. The van der Waals surface area contributed by atoms with E-state index in [1.807, 2.05) is 0 Å². The minimum atomic E-state index is -5.82. The first-order valence-corrected chi connectivity index (χ1v) is 25.0. The van der Waals surface area contributed by atoms with E-state index in [-0.39, 0.29) is 59.8 Å². The third-order valence-corrected chi connectivity index (χ3v) is 19.9. The Morgan fingerprint density at radius 1 is 0.914 bits per heavy atom. The second-order valence-corrected chi connectivity index (χ2v) is 22.6. The number of amides is 2. The number of hydroxylamine groups is 2. The molecule has 0 bridgehead atoms. The minimum absolute atomic E-state index is 0.0411. The molecule has 0 radical (unpaired) electrons. The number of sulfone groups is 1. The summed E-state index contributed by atoms with van der Waals surface area (Å²) in [5.41, 5.74) is -0.0515. The molecule has 5 unspecified atom stereocenters. The van der Waals surface area contributed by atoms with E-state index in [1.54, 1.807) is 6.92 Å². The molecule has 0 spiro atoms. The van der Waals surface area contributed by atoms with Crippen LogP contribution in [0.25, 0.3) is 0 Å². The number of nitrogens with zero attached hydrogens (tertiary/aromatic N) is 6. The molecule has 2 aromatic carbocycles. The molecule has 5 fully saturated rings. The van der Waals surface area contributed by atoms with E-state index in [0.29, 0.717) is 76.0 Å². The summed E-state index contributed by atoms with van der Waals surface area (Å²) in [5.74, 6) is -4.29. The summed E-state index contributed by atoms with van der Waals surface area (Å²) in [6.07, 6.45) is 2.83. The van der Waals surface area contributed by atoms with Crippen molar-refractivity contribution in [1.29, 1.82) is 0 Å². The molecule has 5 aliphatic rings. The first kappa shape index (κ1) is 43.0. The number of phenols is 2. The van der Waals surface area contributed by atoms with E-state index >= 15 is 8.42 Å². The van der Waals surface area contributed by atoms with Crippen LogP contribution in [0.15, 0.2) is 36.4 Å². The van der Waals surface area contributed by atoms with Crippen LogP contribution in [0, 0.1) is 10.4 Å². The molecule has 318 valence electrons. The van der Waals surface area contributed by atoms with Crippen molar-refractivity contribution in [2.24, 2.45) is 0 Å². The number of Topliss-reactive ketones (excluding diaryl/α,β-unsaturated/α-hetero) is 1. The highest BCUT2D eigenvalue weighted by Gasteiger charge is 2.89. The number of benzene rings is 2. The summed E-state index contributed by atoms with van der Waals surface area (Å²) >= 11 is 1.20. The maximum atomic E-state index is 15.7. The number of carbonyl (C=O) groups excluding carboxylic acids is 3. The predicted molar refractivity (Wildman–Crippen MR) is 211 cm³/mol. The number of hydrogen-bond donors (Lipinski definition) is 4. The topological polar surface area (TPSA) is 262 Å². The zero-order chi connectivity index (χ0) is 42.0. The Kier molecular flexibility index (Phi) is 11.7. The lowest BCUT2D eigenvalue weighted by Crippen LogP contribution is -3.16. The number of carbonyl (C=O) groups is 3. The predicted octanol–water partition coefficient (Wildman–Crippen LogP) is -1.32. The van der Waals surface area contributed by atoms with Gasteiger partial charge in [0.15, 0.2) is 19.7 Å². The molecule has 0 aliphatic carbocycles. The number of phenolic OH excluding ortho intramolecular Hbond substituents is 2. The van der Waals surface area contributed by atoms with Crippen LogP contribution in [0.4, 0.5) is 11.4 Å². The van der Waals surface area contributed by atoms with Crippen molar-refractivity contribution in [3.8, 4) is 11.5 Å². The van der Waals surface area contributed by atoms with Crippen LogP contribution in [-0.2, 0) is 57.5 Å². The van der Waals surface area contributed by atoms with E-state index in [4.69, 9.17) is 0 Å². The van der Waals surface area contributed by atoms with Crippen molar-refractivity contribution in [2.75, 3.05) is 47.7 Å². The molecule has 58 heavy (non-hydrogen) atoms. The van der Waals surface area contributed by atoms with Gasteiger partial charge in [-0.1, -0.05) is 19.1 Å². The smallest absolute Gasteiger partial charge is 0.548 e.